The van der Waals surface area contributed by atoms with Gasteiger partial charge in [-0.3, -0.25) is 0 Å². The molecule has 7 heteroatoms. The number of benzene rings is 3. The van der Waals surface area contributed by atoms with E-state index in [2.05, 4.69) is 79.4 Å². The van der Waals surface area contributed by atoms with E-state index in [4.69, 9.17) is 21.9 Å². The summed E-state index contributed by atoms with van der Waals surface area (Å²) in [6.45, 7) is 6.61. The summed E-state index contributed by atoms with van der Waals surface area (Å²) in [5.41, 5.74) is 6.36. The SMILES string of the molecule is Cc1nn(-c2ccccc2)c2c1P(=S)(Nc1ccccc1)/C(=C1\N(C)c3ccccc3C1(C)C)C=N2. The molecule has 0 bridgehead atoms. The molecule has 2 aliphatic heterocycles. The predicted octanol–water partition coefficient (Wildman–Crippen LogP) is 6.67. The molecule has 5 nitrogen and oxygen atoms in total. The molecule has 0 fully saturated rings. The van der Waals surface area contributed by atoms with E-state index in [1.807, 2.05) is 54.2 Å². The fourth-order valence-corrected chi connectivity index (χ4v) is 9.77. The first-order valence-electron chi connectivity index (χ1n) is 12.0. The molecule has 4 aromatic rings. The summed E-state index contributed by atoms with van der Waals surface area (Å²) in [7, 11) is 2.14. The minimum Gasteiger partial charge on any atom is -0.351 e. The Morgan fingerprint density at radius 2 is 1.53 bits per heavy atom. The zero-order valence-electron chi connectivity index (χ0n) is 20.8. The third kappa shape index (κ3) is 3.32. The number of aromatic nitrogens is 2. The van der Waals surface area contributed by atoms with Gasteiger partial charge in [0.2, 0.25) is 0 Å². The molecule has 0 saturated carbocycles. The number of nitrogens with one attached hydrogen (secondary N) is 1. The van der Waals surface area contributed by atoms with Crippen molar-refractivity contribution in [3.8, 4) is 5.69 Å². The normalized spacial score (nSPS) is 21.8. The number of anilines is 2. The van der Waals surface area contributed by atoms with Gasteiger partial charge < -0.3 is 9.99 Å². The Balaban J connectivity index is 1.64. The molecule has 0 amide bonds. The lowest BCUT2D eigenvalue weighted by Crippen LogP contribution is -2.29. The van der Waals surface area contributed by atoms with Crippen molar-refractivity contribution < 1.29 is 0 Å². The lowest BCUT2D eigenvalue weighted by atomic mass is 9.84. The highest BCUT2D eigenvalue weighted by atomic mass is 32.4. The van der Waals surface area contributed by atoms with Crippen LogP contribution in [0.1, 0.15) is 25.1 Å². The number of nitrogens with zero attached hydrogens (tertiary/aromatic N) is 4. The second kappa shape index (κ2) is 8.29. The highest BCUT2D eigenvalue weighted by Gasteiger charge is 2.45. The fourth-order valence-electron chi connectivity index (χ4n) is 5.54. The van der Waals surface area contributed by atoms with Gasteiger partial charge in [-0.05, 0) is 42.8 Å². The minimum atomic E-state index is -2.58. The first kappa shape index (κ1) is 23.0. The smallest absolute Gasteiger partial charge is 0.166 e. The third-order valence-corrected chi connectivity index (χ3v) is 11.3. The fraction of sp³-hybridized carbons (Fsp3) is 0.172. The number of rotatable bonds is 3. The Bertz CT molecular complexity index is 1580. The maximum Gasteiger partial charge on any atom is 0.166 e. The van der Waals surface area contributed by atoms with Gasteiger partial charge in [-0.2, -0.15) is 5.10 Å². The molecule has 6 rings (SSSR count). The van der Waals surface area contributed by atoms with Gasteiger partial charge in [-0.25, -0.2) is 9.67 Å². The van der Waals surface area contributed by atoms with Crippen LogP contribution in [0, 0.1) is 6.92 Å². The monoisotopic (exact) mass is 509 g/mol. The van der Waals surface area contributed by atoms with Crippen LogP contribution in [0.4, 0.5) is 17.2 Å². The lowest BCUT2D eigenvalue weighted by Gasteiger charge is -2.35. The summed E-state index contributed by atoms with van der Waals surface area (Å²) in [5, 5.41) is 10.9. The van der Waals surface area contributed by atoms with Crippen LogP contribution in [0.15, 0.2) is 101 Å². The van der Waals surface area contributed by atoms with E-state index in [1.54, 1.807) is 0 Å². The van der Waals surface area contributed by atoms with E-state index >= 15 is 0 Å². The van der Waals surface area contributed by atoms with Gasteiger partial charge in [0.1, 0.15) is 0 Å². The van der Waals surface area contributed by atoms with Gasteiger partial charge >= 0.3 is 0 Å². The molecule has 0 saturated heterocycles. The Morgan fingerprint density at radius 3 is 2.22 bits per heavy atom. The van der Waals surface area contributed by atoms with E-state index in [-0.39, 0.29) is 5.41 Å². The van der Waals surface area contributed by atoms with E-state index < -0.39 is 6.19 Å². The van der Waals surface area contributed by atoms with Crippen molar-refractivity contribution in [1.82, 2.24) is 9.78 Å². The molecule has 2 aliphatic rings. The minimum absolute atomic E-state index is 0.226. The maximum absolute atomic E-state index is 6.74. The summed E-state index contributed by atoms with van der Waals surface area (Å²) < 4.78 is 1.93. The predicted molar refractivity (Wildman–Crippen MR) is 155 cm³/mol. The third-order valence-electron chi connectivity index (χ3n) is 7.14. The van der Waals surface area contributed by atoms with Crippen LogP contribution in [-0.2, 0) is 17.2 Å². The number of aryl methyl sites for hydroxylation is 1. The average molecular weight is 510 g/mol. The van der Waals surface area contributed by atoms with Crippen molar-refractivity contribution in [1.29, 1.82) is 0 Å². The molecule has 0 aliphatic carbocycles. The number of hydrogen-bond donors (Lipinski definition) is 1. The molecular formula is C29H28N5PS. The van der Waals surface area contributed by atoms with Crippen LogP contribution in [0.3, 0.4) is 0 Å². The van der Waals surface area contributed by atoms with Crippen molar-refractivity contribution >= 4 is 46.7 Å². The molecule has 0 spiro atoms. The molecule has 3 heterocycles. The molecule has 3 aromatic carbocycles. The van der Waals surface area contributed by atoms with E-state index in [1.165, 1.54) is 16.9 Å². The van der Waals surface area contributed by atoms with Gasteiger partial charge in [-0.15, -0.1) is 0 Å². The molecule has 36 heavy (non-hydrogen) atoms. The molecule has 180 valence electrons. The van der Waals surface area contributed by atoms with Crippen molar-refractivity contribution in [2.24, 2.45) is 4.99 Å². The van der Waals surface area contributed by atoms with Gasteiger partial charge in [-0.1, -0.05) is 80.3 Å². The Kier molecular flexibility index (Phi) is 5.29. The number of fused-ring (bicyclic) bond motifs is 2. The van der Waals surface area contributed by atoms with Gasteiger partial charge in [0.25, 0.3) is 0 Å². The van der Waals surface area contributed by atoms with Crippen LogP contribution in [-0.4, -0.2) is 23.0 Å². The zero-order chi connectivity index (χ0) is 25.1. The van der Waals surface area contributed by atoms with Crippen LogP contribution in [0.5, 0.6) is 0 Å². The van der Waals surface area contributed by atoms with Gasteiger partial charge in [0.05, 0.1) is 22.9 Å². The number of aliphatic imine (C=N–C) groups is 1. The van der Waals surface area contributed by atoms with Crippen molar-refractivity contribution in [3.63, 3.8) is 0 Å². The second-order valence-corrected chi connectivity index (χ2v) is 13.8. The van der Waals surface area contributed by atoms with Gasteiger partial charge in [0.15, 0.2) is 5.82 Å². The largest absolute Gasteiger partial charge is 0.351 e. The van der Waals surface area contributed by atoms with Crippen molar-refractivity contribution in [3.05, 3.63) is 107 Å². The van der Waals surface area contributed by atoms with Crippen LogP contribution in [0.25, 0.3) is 5.69 Å². The molecule has 1 unspecified atom stereocenters. The first-order valence-corrected chi connectivity index (χ1v) is 14.8. The molecule has 1 aromatic heterocycles. The maximum atomic E-state index is 6.74. The van der Waals surface area contributed by atoms with Crippen molar-refractivity contribution in [2.75, 3.05) is 17.0 Å². The topological polar surface area (TPSA) is 45.5 Å². The highest BCUT2D eigenvalue weighted by molar-refractivity contribution is 8.21. The summed E-state index contributed by atoms with van der Waals surface area (Å²) in [6.07, 6.45) is -0.580. The van der Waals surface area contributed by atoms with Crippen molar-refractivity contribution in [2.45, 2.75) is 26.2 Å². The standard InChI is InChI=1S/C29H28N5PS/c1-20-26-28(34(31-20)22-15-9-6-10-16-22)30-19-25(35(26,36)32-21-13-7-5-8-14-21)27-29(2,3)23-17-11-12-18-24(23)33(27)4/h5-19H,1-4H3,(H,32,36)/b27-25-. The number of hydrogen-bond acceptors (Lipinski definition) is 4. The average Bonchev–Trinajstić information content (AvgIpc) is 3.33. The van der Waals surface area contributed by atoms with Crippen LogP contribution < -0.4 is 15.3 Å². The number of allylic oxidation sites excluding steroid dienone is 2. The van der Waals surface area contributed by atoms with Crippen LogP contribution in [0.2, 0.25) is 0 Å². The number of likely N-dealkylation sites (N-methyl/N-ethyl adjacent to an activating group) is 1. The molecule has 0 radical (unpaired) electrons. The molecule has 1 N–H and O–H groups in total. The molecular weight excluding hydrogens is 481 g/mol. The Hall–Kier alpha value is -3.47. The summed E-state index contributed by atoms with van der Waals surface area (Å²) in [5.74, 6) is 0.811. The second-order valence-electron chi connectivity index (χ2n) is 9.79. The Labute approximate surface area is 217 Å². The summed E-state index contributed by atoms with van der Waals surface area (Å²) in [4.78, 5) is 7.33. The summed E-state index contributed by atoms with van der Waals surface area (Å²) >= 11 is 6.74. The van der Waals surface area contributed by atoms with E-state index in [0.717, 1.165) is 33.5 Å². The Morgan fingerprint density at radius 1 is 0.889 bits per heavy atom. The zero-order valence-corrected chi connectivity index (χ0v) is 22.5. The van der Waals surface area contributed by atoms with Crippen LogP contribution >= 0.6 is 6.19 Å². The van der Waals surface area contributed by atoms with E-state index in [0.29, 0.717) is 0 Å². The first-order chi connectivity index (χ1) is 17.3. The van der Waals surface area contributed by atoms with Gasteiger partial charge in [0, 0.05) is 41.1 Å². The number of para-hydroxylation sites is 3. The lowest BCUT2D eigenvalue weighted by molar-refractivity contribution is 0.639. The summed E-state index contributed by atoms with van der Waals surface area (Å²) in [6, 6.07) is 29.0. The highest BCUT2D eigenvalue weighted by Crippen LogP contribution is 2.61. The quantitative estimate of drug-likeness (QED) is 0.314. The molecule has 1 atom stereocenters. The van der Waals surface area contributed by atoms with E-state index in [9.17, 15) is 0 Å².